The maximum absolute atomic E-state index is 12.2. The summed E-state index contributed by atoms with van der Waals surface area (Å²) in [7, 11) is 0. The smallest absolute Gasteiger partial charge is 0.303 e. The van der Waals surface area contributed by atoms with Crippen LogP contribution >= 0.6 is 11.6 Å². The number of nitrogens with one attached hydrogen (secondary N) is 1. The minimum absolute atomic E-state index is 0.0970. The van der Waals surface area contributed by atoms with Crippen molar-refractivity contribution in [2.24, 2.45) is 5.41 Å². The zero-order valence-corrected chi connectivity index (χ0v) is 11.8. The molecule has 0 amide bonds. The summed E-state index contributed by atoms with van der Waals surface area (Å²) in [6.07, 6.45) is 5.08. The molecule has 0 spiro atoms. The Bertz CT molecular complexity index is 758. The van der Waals surface area contributed by atoms with Crippen molar-refractivity contribution in [3.8, 4) is 6.07 Å². The average molecular weight is 292 g/mol. The van der Waals surface area contributed by atoms with Crippen LogP contribution in [0.25, 0.3) is 11.2 Å². The number of hydrogen-bond acceptors (Lipinski definition) is 4. The van der Waals surface area contributed by atoms with Crippen molar-refractivity contribution in [2.45, 2.75) is 38.6 Å². The van der Waals surface area contributed by atoms with E-state index >= 15 is 0 Å². The quantitative estimate of drug-likeness (QED) is 0.817. The molecular weight excluding hydrogens is 278 g/mol. The Hall–Kier alpha value is -1.87. The highest BCUT2D eigenvalue weighted by Gasteiger charge is 2.39. The van der Waals surface area contributed by atoms with E-state index in [1.165, 1.54) is 6.20 Å². The highest BCUT2D eigenvalue weighted by atomic mass is 35.5. The summed E-state index contributed by atoms with van der Waals surface area (Å²) in [5, 5.41) is 9.60. The molecule has 0 aromatic carbocycles. The van der Waals surface area contributed by atoms with Crippen molar-refractivity contribution in [1.29, 1.82) is 5.26 Å². The molecule has 104 valence electrons. The molecule has 2 unspecified atom stereocenters. The first-order valence-corrected chi connectivity index (χ1v) is 6.97. The number of aromatic nitrogens is 4. The second kappa shape index (κ2) is 4.60. The number of nitriles is 1. The summed E-state index contributed by atoms with van der Waals surface area (Å²) in [5.41, 5.74) is 0.202. The first-order chi connectivity index (χ1) is 9.55. The molecular formula is C13H14ClN5O. The molecule has 1 saturated carbocycles. The number of fused-ring (bicyclic) bond motifs is 1. The zero-order chi connectivity index (χ0) is 14.3. The Morgan fingerprint density at radius 2 is 2.40 bits per heavy atom. The predicted molar refractivity (Wildman–Crippen MR) is 74.4 cm³/mol. The fourth-order valence-corrected chi connectivity index (χ4v) is 3.17. The number of halogens is 1. The van der Waals surface area contributed by atoms with E-state index in [1.54, 1.807) is 4.57 Å². The van der Waals surface area contributed by atoms with Crippen LogP contribution in [0.15, 0.2) is 11.0 Å². The Balaban J connectivity index is 2.23. The first kappa shape index (κ1) is 13.1. The number of nitrogens with zero attached hydrogens (tertiary/aromatic N) is 4. The third-order valence-corrected chi connectivity index (χ3v) is 4.34. The van der Waals surface area contributed by atoms with Crippen molar-refractivity contribution in [3.05, 3.63) is 22.0 Å². The largest absolute Gasteiger partial charge is 0.328 e. The van der Waals surface area contributed by atoms with Gasteiger partial charge in [-0.05, 0) is 31.4 Å². The predicted octanol–water partition coefficient (Wildman–Crippen LogP) is 2.42. The van der Waals surface area contributed by atoms with Gasteiger partial charge in [0.05, 0.1) is 23.7 Å². The van der Waals surface area contributed by atoms with Crippen molar-refractivity contribution in [3.63, 3.8) is 0 Å². The molecule has 2 atom stereocenters. The summed E-state index contributed by atoms with van der Waals surface area (Å²) in [6, 6.07) is 2.19. The molecule has 0 aliphatic heterocycles. The monoisotopic (exact) mass is 291 g/mol. The number of imidazole rings is 1. The van der Waals surface area contributed by atoms with Gasteiger partial charge < -0.3 is 4.98 Å². The van der Waals surface area contributed by atoms with Gasteiger partial charge in [0, 0.05) is 0 Å². The van der Waals surface area contributed by atoms with Gasteiger partial charge in [0.25, 0.3) is 0 Å². The lowest BCUT2D eigenvalue weighted by atomic mass is 9.72. The first-order valence-electron chi connectivity index (χ1n) is 6.59. The number of H-pyrrole nitrogens is 1. The van der Waals surface area contributed by atoms with Crippen LogP contribution in [0.3, 0.4) is 0 Å². The Morgan fingerprint density at radius 1 is 1.60 bits per heavy atom. The van der Waals surface area contributed by atoms with Crippen LogP contribution in [0.1, 0.15) is 38.6 Å². The lowest BCUT2D eigenvalue weighted by Crippen LogP contribution is -2.36. The molecule has 3 rings (SSSR count). The highest BCUT2D eigenvalue weighted by Crippen LogP contribution is 2.43. The molecule has 0 radical (unpaired) electrons. The van der Waals surface area contributed by atoms with E-state index in [4.69, 9.17) is 11.6 Å². The maximum Gasteiger partial charge on any atom is 0.328 e. The summed E-state index contributed by atoms with van der Waals surface area (Å²) < 4.78 is 1.57. The van der Waals surface area contributed by atoms with Crippen LogP contribution < -0.4 is 5.69 Å². The SMILES string of the molecule is CC1(C#N)CCCCC1n1c(=O)[nH]c2cnc(Cl)nc21. The van der Waals surface area contributed by atoms with Crippen LogP contribution in [0.4, 0.5) is 0 Å². The maximum atomic E-state index is 12.2. The average Bonchev–Trinajstić information content (AvgIpc) is 2.75. The standard InChI is InChI=1S/C13H14ClN5O/c1-13(7-15)5-3-2-4-9(13)19-10-8(17-12(19)20)6-16-11(14)18-10/h6,9H,2-5H2,1H3,(H,17,20). The zero-order valence-electron chi connectivity index (χ0n) is 11.1. The van der Waals surface area contributed by atoms with Crippen LogP contribution in [0.2, 0.25) is 5.28 Å². The second-order valence-corrected chi connectivity index (χ2v) is 5.81. The molecule has 0 bridgehead atoms. The Kier molecular flexibility index (Phi) is 3.02. The van der Waals surface area contributed by atoms with Gasteiger partial charge in [-0.3, -0.25) is 4.57 Å². The fourth-order valence-electron chi connectivity index (χ4n) is 3.04. The van der Waals surface area contributed by atoms with E-state index in [-0.39, 0.29) is 17.0 Å². The normalized spacial score (nSPS) is 26.6. The molecule has 7 heteroatoms. The molecule has 1 aliphatic rings. The van der Waals surface area contributed by atoms with Crippen molar-refractivity contribution < 1.29 is 0 Å². The summed E-state index contributed by atoms with van der Waals surface area (Å²) >= 11 is 5.83. The molecule has 2 aromatic heterocycles. The van der Waals surface area contributed by atoms with Gasteiger partial charge in [0.1, 0.15) is 5.52 Å². The number of hydrogen-bond donors (Lipinski definition) is 1. The van der Waals surface area contributed by atoms with Crippen LogP contribution in [0, 0.1) is 16.7 Å². The summed E-state index contributed by atoms with van der Waals surface area (Å²) in [6.45, 7) is 1.91. The van der Waals surface area contributed by atoms with Crippen molar-refractivity contribution in [1.82, 2.24) is 19.5 Å². The van der Waals surface area contributed by atoms with Crippen LogP contribution in [0.5, 0.6) is 0 Å². The Labute approximate surface area is 120 Å². The minimum Gasteiger partial charge on any atom is -0.303 e. The van der Waals surface area contributed by atoms with Crippen molar-refractivity contribution >= 4 is 22.8 Å². The van der Waals surface area contributed by atoms with Crippen molar-refractivity contribution in [2.75, 3.05) is 0 Å². The third kappa shape index (κ3) is 1.90. The van der Waals surface area contributed by atoms with E-state index in [2.05, 4.69) is 21.0 Å². The highest BCUT2D eigenvalue weighted by molar-refractivity contribution is 6.28. The minimum atomic E-state index is -0.561. The fraction of sp³-hybridized carbons (Fsp3) is 0.538. The van der Waals surface area contributed by atoms with E-state index in [0.717, 1.165) is 25.7 Å². The summed E-state index contributed by atoms with van der Waals surface area (Å²) in [5.74, 6) is 0. The molecule has 1 fully saturated rings. The van der Waals surface area contributed by atoms with Gasteiger partial charge in [0.2, 0.25) is 5.28 Å². The van der Waals surface area contributed by atoms with E-state index in [0.29, 0.717) is 11.2 Å². The van der Waals surface area contributed by atoms with E-state index in [1.807, 2.05) is 6.92 Å². The molecule has 0 saturated heterocycles. The Morgan fingerprint density at radius 3 is 3.15 bits per heavy atom. The van der Waals surface area contributed by atoms with Gasteiger partial charge in [0.15, 0.2) is 5.65 Å². The van der Waals surface area contributed by atoms with Crippen LogP contribution in [-0.2, 0) is 0 Å². The molecule has 1 aliphatic carbocycles. The van der Waals surface area contributed by atoms with Crippen LogP contribution in [-0.4, -0.2) is 19.5 Å². The molecule has 6 nitrogen and oxygen atoms in total. The number of rotatable bonds is 1. The van der Waals surface area contributed by atoms with Gasteiger partial charge in [-0.25, -0.2) is 9.78 Å². The molecule has 1 N–H and O–H groups in total. The number of aromatic amines is 1. The molecule has 20 heavy (non-hydrogen) atoms. The topological polar surface area (TPSA) is 87.4 Å². The second-order valence-electron chi connectivity index (χ2n) is 5.47. The third-order valence-electron chi connectivity index (χ3n) is 4.15. The molecule has 2 heterocycles. The van der Waals surface area contributed by atoms with E-state index < -0.39 is 5.41 Å². The van der Waals surface area contributed by atoms with E-state index in [9.17, 15) is 10.1 Å². The summed E-state index contributed by atoms with van der Waals surface area (Å²) in [4.78, 5) is 23.0. The van der Waals surface area contributed by atoms with Gasteiger partial charge in [-0.15, -0.1) is 0 Å². The van der Waals surface area contributed by atoms with Gasteiger partial charge in [-0.1, -0.05) is 12.8 Å². The molecule has 2 aromatic rings. The van der Waals surface area contributed by atoms with Gasteiger partial charge >= 0.3 is 5.69 Å². The van der Waals surface area contributed by atoms with Gasteiger partial charge in [-0.2, -0.15) is 10.2 Å². The lowest BCUT2D eigenvalue weighted by Gasteiger charge is -2.36. The lowest BCUT2D eigenvalue weighted by molar-refractivity contribution is 0.185.